The van der Waals surface area contributed by atoms with E-state index < -0.39 is 0 Å². The van der Waals surface area contributed by atoms with Gasteiger partial charge < -0.3 is 18.9 Å². The summed E-state index contributed by atoms with van der Waals surface area (Å²) in [6, 6.07) is 0. The highest BCUT2D eigenvalue weighted by Gasteiger charge is 2.71. The average Bonchev–Trinajstić information content (AvgIpc) is 3.37. The van der Waals surface area contributed by atoms with Crippen LogP contribution >= 0.6 is 0 Å². The number of rotatable bonds is 6. The Kier molecular flexibility index (Phi) is 4.65. The minimum atomic E-state index is -0.165. The fourth-order valence-electron chi connectivity index (χ4n) is 4.44. The van der Waals surface area contributed by atoms with Crippen LogP contribution in [-0.4, -0.2) is 49.3 Å². The van der Waals surface area contributed by atoms with Crippen LogP contribution in [0.1, 0.15) is 53.9 Å². The summed E-state index contributed by atoms with van der Waals surface area (Å²) in [7, 11) is 1.80. The van der Waals surface area contributed by atoms with Crippen molar-refractivity contribution in [1.29, 1.82) is 0 Å². The van der Waals surface area contributed by atoms with Gasteiger partial charge in [-0.3, -0.25) is 0 Å². The zero-order valence-electron chi connectivity index (χ0n) is 15.4. The molecule has 3 rings (SSSR count). The van der Waals surface area contributed by atoms with E-state index in [4.69, 9.17) is 18.9 Å². The molecular formula is C19H32O4. The highest BCUT2D eigenvalue weighted by Crippen LogP contribution is 2.59. The Morgan fingerprint density at radius 1 is 1.35 bits per heavy atom. The Morgan fingerprint density at radius 3 is 2.57 bits per heavy atom. The van der Waals surface area contributed by atoms with Crippen LogP contribution in [0.15, 0.2) is 11.6 Å². The first-order valence-corrected chi connectivity index (χ1v) is 8.96. The van der Waals surface area contributed by atoms with Crippen LogP contribution in [0, 0.1) is 5.92 Å². The maximum Gasteiger partial charge on any atom is 0.101 e. The summed E-state index contributed by atoms with van der Waals surface area (Å²) in [4.78, 5) is 0. The molecular weight excluding hydrogens is 292 g/mol. The molecule has 0 aromatic rings. The monoisotopic (exact) mass is 324 g/mol. The van der Waals surface area contributed by atoms with E-state index >= 15 is 0 Å². The quantitative estimate of drug-likeness (QED) is 0.554. The SMILES string of the molecule is COC1C(OC(C)C)CC[C@]2(CO2)C1C1(C)O[C@@H]1CC=C(C)C. The minimum Gasteiger partial charge on any atom is -0.378 e. The molecule has 4 nitrogen and oxygen atoms in total. The topological polar surface area (TPSA) is 43.5 Å². The second-order valence-corrected chi connectivity index (χ2v) is 8.10. The number of methoxy groups -OCH3 is 1. The van der Waals surface area contributed by atoms with Crippen LogP contribution in [0.4, 0.5) is 0 Å². The Balaban J connectivity index is 1.78. The van der Waals surface area contributed by atoms with Gasteiger partial charge in [0, 0.05) is 7.11 Å². The molecule has 2 aliphatic heterocycles. The van der Waals surface area contributed by atoms with Crippen molar-refractivity contribution in [3.05, 3.63) is 11.6 Å². The van der Waals surface area contributed by atoms with E-state index in [1.165, 1.54) is 5.57 Å². The molecule has 1 aliphatic carbocycles. The van der Waals surface area contributed by atoms with Crippen molar-refractivity contribution < 1.29 is 18.9 Å². The van der Waals surface area contributed by atoms with Gasteiger partial charge >= 0.3 is 0 Å². The van der Waals surface area contributed by atoms with Gasteiger partial charge in [-0.2, -0.15) is 0 Å². The van der Waals surface area contributed by atoms with E-state index in [0.29, 0.717) is 0 Å². The Morgan fingerprint density at radius 2 is 2.04 bits per heavy atom. The predicted molar refractivity (Wildman–Crippen MR) is 89.5 cm³/mol. The van der Waals surface area contributed by atoms with Gasteiger partial charge in [-0.25, -0.2) is 0 Å². The molecule has 0 amide bonds. The summed E-state index contributed by atoms with van der Waals surface area (Å²) in [5.74, 6) is 0.244. The minimum absolute atomic E-state index is 0.0374. The lowest BCUT2D eigenvalue weighted by atomic mass is 9.68. The van der Waals surface area contributed by atoms with E-state index in [2.05, 4.69) is 40.7 Å². The van der Waals surface area contributed by atoms with Crippen molar-refractivity contribution in [2.75, 3.05) is 13.7 Å². The highest BCUT2D eigenvalue weighted by atomic mass is 16.6. The molecule has 2 saturated heterocycles. The van der Waals surface area contributed by atoms with Crippen LogP contribution in [-0.2, 0) is 18.9 Å². The molecule has 132 valence electrons. The normalized spacial score (nSPS) is 45.3. The lowest BCUT2D eigenvalue weighted by Gasteiger charge is -2.43. The van der Waals surface area contributed by atoms with Crippen LogP contribution in [0.5, 0.6) is 0 Å². The summed E-state index contributed by atoms with van der Waals surface area (Å²) >= 11 is 0. The zero-order chi connectivity index (χ0) is 16.8. The maximum atomic E-state index is 6.20. The molecule has 0 aromatic carbocycles. The zero-order valence-corrected chi connectivity index (χ0v) is 15.4. The van der Waals surface area contributed by atoms with Gasteiger partial charge in [-0.1, -0.05) is 11.6 Å². The summed E-state index contributed by atoms with van der Waals surface area (Å²) < 4.78 is 24.2. The van der Waals surface area contributed by atoms with Crippen molar-refractivity contribution in [2.24, 2.45) is 5.92 Å². The first-order valence-electron chi connectivity index (χ1n) is 8.96. The standard InChI is InChI=1S/C19H32O4/c1-12(2)7-8-15-18(5,23-15)17-16(20-6)14(22-13(3)4)9-10-19(17)11-21-19/h7,13-17H,8-11H2,1-6H3/t14?,15-,16?,17?,18?,19+/m1/s1. The van der Waals surface area contributed by atoms with Crippen LogP contribution in [0.25, 0.3) is 0 Å². The second kappa shape index (κ2) is 6.14. The first-order chi connectivity index (χ1) is 10.8. The van der Waals surface area contributed by atoms with E-state index in [0.717, 1.165) is 25.9 Å². The Bertz CT molecular complexity index is 464. The molecule has 6 atom stereocenters. The third-order valence-corrected chi connectivity index (χ3v) is 5.68. The number of hydrogen-bond donors (Lipinski definition) is 0. The van der Waals surface area contributed by atoms with Crippen LogP contribution in [0.2, 0.25) is 0 Å². The molecule has 3 fully saturated rings. The molecule has 23 heavy (non-hydrogen) atoms. The maximum absolute atomic E-state index is 6.20. The third-order valence-electron chi connectivity index (χ3n) is 5.68. The summed E-state index contributed by atoms with van der Waals surface area (Å²) in [5.41, 5.74) is 1.13. The van der Waals surface area contributed by atoms with Crippen LogP contribution in [0.3, 0.4) is 0 Å². The molecule has 0 aromatic heterocycles. The highest BCUT2D eigenvalue weighted by molar-refractivity contribution is 5.20. The molecule has 4 unspecified atom stereocenters. The van der Waals surface area contributed by atoms with Crippen LogP contribution < -0.4 is 0 Å². The number of ether oxygens (including phenoxy) is 4. The lowest BCUT2D eigenvalue weighted by molar-refractivity contribution is -0.151. The second-order valence-electron chi connectivity index (χ2n) is 8.10. The largest absolute Gasteiger partial charge is 0.378 e. The number of allylic oxidation sites excluding steroid dienone is 1. The molecule has 3 aliphatic rings. The van der Waals surface area contributed by atoms with Gasteiger partial charge in [0.25, 0.3) is 0 Å². The fraction of sp³-hybridized carbons (Fsp3) is 0.895. The van der Waals surface area contributed by atoms with E-state index in [-0.39, 0.29) is 41.5 Å². The van der Waals surface area contributed by atoms with Gasteiger partial charge in [0.2, 0.25) is 0 Å². The van der Waals surface area contributed by atoms with Gasteiger partial charge in [-0.05, 0) is 53.9 Å². The fourth-order valence-corrected chi connectivity index (χ4v) is 4.44. The third kappa shape index (κ3) is 3.23. The van der Waals surface area contributed by atoms with Crippen molar-refractivity contribution in [1.82, 2.24) is 0 Å². The molecule has 1 spiro atoms. The van der Waals surface area contributed by atoms with Crippen molar-refractivity contribution in [3.63, 3.8) is 0 Å². The molecule has 2 heterocycles. The first kappa shape index (κ1) is 17.4. The van der Waals surface area contributed by atoms with Gasteiger partial charge in [0.05, 0.1) is 42.5 Å². The van der Waals surface area contributed by atoms with Gasteiger partial charge in [0.15, 0.2) is 0 Å². The molecule has 4 heteroatoms. The average molecular weight is 324 g/mol. The van der Waals surface area contributed by atoms with Crippen molar-refractivity contribution >= 4 is 0 Å². The van der Waals surface area contributed by atoms with Crippen molar-refractivity contribution in [2.45, 2.75) is 89.5 Å². The van der Waals surface area contributed by atoms with Gasteiger partial charge in [0.1, 0.15) is 5.60 Å². The smallest absolute Gasteiger partial charge is 0.101 e. The van der Waals surface area contributed by atoms with Crippen molar-refractivity contribution in [3.8, 4) is 0 Å². The number of epoxide rings is 2. The predicted octanol–water partition coefficient (Wildman–Crippen LogP) is 3.49. The summed E-state index contributed by atoms with van der Waals surface area (Å²) in [6.45, 7) is 11.5. The number of hydrogen-bond acceptors (Lipinski definition) is 4. The lowest BCUT2D eigenvalue weighted by Crippen LogP contribution is -2.55. The Labute approximate surface area is 140 Å². The summed E-state index contributed by atoms with van der Waals surface area (Å²) in [5, 5.41) is 0. The molecule has 0 N–H and O–H groups in total. The van der Waals surface area contributed by atoms with E-state index in [1.807, 2.05) is 0 Å². The molecule has 1 saturated carbocycles. The van der Waals surface area contributed by atoms with E-state index in [9.17, 15) is 0 Å². The van der Waals surface area contributed by atoms with Gasteiger partial charge in [-0.15, -0.1) is 0 Å². The summed E-state index contributed by atoms with van der Waals surface area (Å²) in [6.07, 6.45) is 5.92. The molecule has 0 radical (unpaired) electrons. The Hall–Kier alpha value is -0.420. The molecule has 0 bridgehead atoms. The van der Waals surface area contributed by atoms with E-state index in [1.54, 1.807) is 7.11 Å².